The zero-order chi connectivity index (χ0) is 28.8. The highest BCUT2D eigenvalue weighted by atomic mass is 16.6. The van der Waals surface area contributed by atoms with Gasteiger partial charge in [0.05, 0.1) is 45.5 Å². The van der Waals surface area contributed by atoms with Crippen LogP contribution in [0.15, 0.2) is 0 Å². The molecular weight excluding hydrogens is 502 g/mol. The predicted octanol–water partition coefficient (Wildman–Crippen LogP) is -1.11. The quantitative estimate of drug-likeness (QED) is 0.0587. The monoisotopic (exact) mass is 549 g/mol. The molecule has 0 bridgehead atoms. The minimum atomic E-state index is -1.00. The molecule has 0 heterocycles. The molecule has 4 atom stereocenters. The van der Waals surface area contributed by atoms with Gasteiger partial charge in [0.2, 0.25) is 17.7 Å². The summed E-state index contributed by atoms with van der Waals surface area (Å²) in [7, 11) is 2.82. The Balaban J connectivity index is 4.64. The minimum Gasteiger partial charge on any atom is -0.469 e. The van der Waals surface area contributed by atoms with E-state index in [0.29, 0.717) is 58.5 Å². The van der Waals surface area contributed by atoms with Gasteiger partial charge in [0, 0.05) is 26.3 Å². The molecule has 3 amide bonds. The lowest BCUT2D eigenvalue weighted by Crippen LogP contribution is -2.50. The number of nitrogens with one attached hydrogen (secondary N) is 3. The summed E-state index contributed by atoms with van der Waals surface area (Å²) in [6.07, 6.45) is 2.09. The largest absolute Gasteiger partial charge is 0.469 e. The van der Waals surface area contributed by atoms with Crippen molar-refractivity contribution in [2.75, 3.05) is 53.8 Å². The van der Waals surface area contributed by atoms with E-state index in [2.05, 4.69) is 25.5 Å². The maximum atomic E-state index is 12.8. The van der Waals surface area contributed by atoms with Gasteiger partial charge >= 0.3 is 5.97 Å². The molecule has 14 heteroatoms. The van der Waals surface area contributed by atoms with Crippen LogP contribution in [0.2, 0.25) is 0 Å². The first-order valence-corrected chi connectivity index (χ1v) is 12.8. The van der Waals surface area contributed by atoms with Crippen molar-refractivity contribution in [3.05, 3.63) is 0 Å². The van der Waals surface area contributed by atoms with E-state index in [1.54, 1.807) is 7.11 Å². The summed E-state index contributed by atoms with van der Waals surface area (Å²) in [6, 6.07) is -2.01. The zero-order valence-corrected chi connectivity index (χ0v) is 23.1. The van der Waals surface area contributed by atoms with E-state index in [9.17, 15) is 19.2 Å². The summed E-state index contributed by atoms with van der Waals surface area (Å²) in [5, 5.41) is 8.21. The number of amides is 3. The average molecular weight is 550 g/mol. The van der Waals surface area contributed by atoms with Gasteiger partial charge in [-0.2, -0.15) is 0 Å². The van der Waals surface area contributed by atoms with Gasteiger partial charge in [-0.15, -0.1) is 0 Å². The predicted molar refractivity (Wildman–Crippen MR) is 138 cm³/mol. The topological polar surface area (TPSA) is 203 Å². The van der Waals surface area contributed by atoms with Crippen LogP contribution in [0.1, 0.15) is 52.4 Å². The summed E-state index contributed by atoms with van der Waals surface area (Å²) in [6.45, 7) is 5.49. The third-order valence-corrected chi connectivity index (χ3v) is 5.48. The highest BCUT2D eigenvalue weighted by Gasteiger charge is 2.23. The van der Waals surface area contributed by atoms with Gasteiger partial charge in [-0.25, -0.2) is 5.90 Å². The summed E-state index contributed by atoms with van der Waals surface area (Å²) in [5.41, 5.74) is 5.67. The van der Waals surface area contributed by atoms with Crippen molar-refractivity contribution >= 4 is 23.7 Å². The van der Waals surface area contributed by atoms with Crippen LogP contribution >= 0.6 is 0 Å². The first-order chi connectivity index (χ1) is 18.1. The molecule has 0 aliphatic heterocycles. The summed E-state index contributed by atoms with van der Waals surface area (Å²) >= 11 is 0. The van der Waals surface area contributed by atoms with Crippen LogP contribution in [0.25, 0.3) is 0 Å². The Bertz CT molecular complexity index is 684. The van der Waals surface area contributed by atoms with Crippen LogP contribution in [0.5, 0.6) is 0 Å². The average Bonchev–Trinajstić information content (AvgIpc) is 2.89. The Hall–Kier alpha value is -2.36. The number of ether oxygens (including phenoxy) is 4. The Morgan fingerprint density at radius 2 is 1.61 bits per heavy atom. The Morgan fingerprint density at radius 1 is 0.868 bits per heavy atom. The summed E-state index contributed by atoms with van der Waals surface area (Å²) in [4.78, 5) is 53.1. The number of carbonyl (C=O) groups is 4. The smallest absolute Gasteiger partial charge is 0.307 e. The normalized spacial score (nSPS) is 14.2. The number of hydrogen-bond donors (Lipinski definition) is 5. The Kier molecular flexibility index (Phi) is 21.2. The van der Waals surface area contributed by atoms with Crippen molar-refractivity contribution < 1.29 is 43.0 Å². The van der Waals surface area contributed by atoms with E-state index in [0.717, 1.165) is 0 Å². The van der Waals surface area contributed by atoms with Gasteiger partial charge in [-0.1, -0.05) is 0 Å². The first kappa shape index (κ1) is 35.6. The lowest BCUT2D eigenvalue weighted by molar-refractivity contribution is -0.142. The van der Waals surface area contributed by atoms with Crippen molar-refractivity contribution in [1.82, 2.24) is 16.0 Å². The number of rotatable bonds is 23. The highest BCUT2D eigenvalue weighted by Crippen LogP contribution is 2.04. The van der Waals surface area contributed by atoms with Gasteiger partial charge in [0.1, 0.15) is 12.6 Å². The summed E-state index contributed by atoms with van der Waals surface area (Å²) < 4.78 is 20.4. The van der Waals surface area contributed by atoms with Crippen LogP contribution in [-0.4, -0.2) is 102 Å². The number of hydrogen-bond acceptors (Lipinski definition) is 11. The zero-order valence-electron chi connectivity index (χ0n) is 23.1. The maximum Gasteiger partial charge on any atom is 0.307 e. The van der Waals surface area contributed by atoms with Gasteiger partial charge in [0.25, 0.3) is 0 Å². The molecule has 0 radical (unpaired) electrons. The van der Waals surface area contributed by atoms with E-state index < -0.39 is 29.9 Å². The molecule has 38 heavy (non-hydrogen) atoms. The number of nitrogens with two attached hydrogens (primary N) is 2. The van der Waals surface area contributed by atoms with Crippen LogP contribution in [0.4, 0.5) is 0 Å². The standard InChI is InChI=1S/C24H47N5O9/c1-17(8-12-38-26)28-24(33)20(7-5-6-10-27-23(32)19(25)15-22(31)35-4)29-21(30)16-37-18(2)9-11-36-14-13-34-3/h17-20H,5-16,25-26H2,1-4H3,(H,27,32)(H,28,33)(H,29,30)/t17?,18?,19-,20-/m0/s1. The second kappa shape index (κ2) is 22.6. The van der Waals surface area contributed by atoms with Crippen molar-refractivity contribution in [1.29, 1.82) is 0 Å². The molecule has 2 unspecified atom stereocenters. The molecule has 0 rings (SSSR count). The second-order valence-electron chi connectivity index (χ2n) is 8.88. The third kappa shape index (κ3) is 18.8. The minimum absolute atomic E-state index is 0.201. The number of unbranched alkanes of at least 4 members (excludes halogenated alkanes) is 1. The van der Waals surface area contributed by atoms with Crippen molar-refractivity contribution in [3.63, 3.8) is 0 Å². The molecule has 0 saturated carbocycles. The molecule has 0 saturated heterocycles. The molecule has 222 valence electrons. The van der Waals surface area contributed by atoms with Crippen molar-refractivity contribution in [2.24, 2.45) is 11.6 Å². The lowest BCUT2D eigenvalue weighted by atomic mass is 10.1. The fourth-order valence-corrected chi connectivity index (χ4v) is 3.13. The molecule has 0 aromatic rings. The second-order valence-corrected chi connectivity index (χ2v) is 8.88. The van der Waals surface area contributed by atoms with E-state index in [4.69, 9.17) is 25.8 Å². The molecule has 0 spiro atoms. The molecule has 0 aliphatic carbocycles. The van der Waals surface area contributed by atoms with E-state index in [1.165, 1.54) is 7.11 Å². The van der Waals surface area contributed by atoms with Crippen molar-refractivity contribution in [2.45, 2.75) is 76.6 Å². The summed E-state index contributed by atoms with van der Waals surface area (Å²) in [5.74, 6) is 3.25. The van der Waals surface area contributed by atoms with Gasteiger partial charge < -0.3 is 45.5 Å². The van der Waals surface area contributed by atoms with Crippen LogP contribution < -0.4 is 27.6 Å². The number of esters is 1. The molecule has 14 nitrogen and oxygen atoms in total. The molecule has 0 fully saturated rings. The molecular formula is C24H47N5O9. The highest BCUT2D eigenvalue weighted by molar-refractivity contribution is 5.88. The van der Waals surface area contributed by atoms with Gasteiger partial charge in [-0.3, -0.25) is 19.2 Å². The Labute approximate surface area is 225 Å². The first-order valence-electron chi connectivity index (χ1n) is 12.8. The fourth-order valence-electron chi connectivity index (χ4n) is 3.13. The van der Waals surface area contributed by atoms with Crippen LogP contribution in [0, 0.1) is 0 Å². The van der Waals surface area contributed by atoms with Gasteiger partial charge in [-0.05, 0) is 46.0 Å². The van der Waals surface area contributed by atoms with Crippen molar-refractivity contribution in [3.8, 4) is 0 Å². The molecule has 0 aromatic carbocycles. The fraction of sp³-hybridized carbons (Fsp3) is 0.833. The molecule has 0 aliphatic rings. The molecule has 7 N–H and O–H groups in total. The lowest BCUT2D eigenvalue weighted by Gasteiger charge is -2.22. The SMILES string of the molecule is COCCOCCC(C)OCC(=O)N[C@@H](CCCCNC(=O)[C@@H](N)CC(=O)OC)C(=O)NC(C)CCON. The van der Waals surface area contributed by atoms with Gasteiger partial charge in [0.15, 0.2) is 0 Å². The third-order valence-electron chi connectivity index (χ3n) is 5.48. The van der Waals surface area contributed by atoms with Crippen LogP contribution in [-0.2, 0) is 43.0 Å². The van der Waals surface area contributed by atoms with E-state index in [-0.39, 0.29) is 37.7 Å². The molecule has 0 aromatic heterocycles. The van der Waals surface area contributed by atoms with Crippen LogP contribution in [0.3, 0.4) is 0 Å². The number of methoxy groups -OCH3 is 2. The Morgan fingerprint density at radius 3 is 2.26 bits per heavy atom. The number of carbonyl (C=O) groups excluding carboxylic acids is 4. The van der Waals surface area contributed by atoms with E-state index >= 15 is 0 Å². The van der Waals surface area contributed by atoms with E-state index in [1.807, 2.05) is 13.8 Å². The maximum absolute atomic E-state index is 12.8.